The van der Waals surface area contributed by atoms with Crippen molar-refractivity contribution < 1.29 is 9.47 Å². The quantitative estimate of drug-likeness (QED) is 0.277. The summed E-state index contributed by atoms with van der Waals surface area (Å²) in [5.41, 5.74) is 1.14. The minimum absolute atomic E-state index is 0. The minimum Gasteiger partial charge on any atom is -0.497 e. The lowest BCUT2D eigenvalue weighted by atomic mass is 10.2. The summed E-state index contributed by atoms with van der Waals surface area (Å²) in [4.78, 5) is 4.18. The average Bonchev–Trinajstić information content (AvgIpc) is 2.63. The topological polar surface area (TPSA) is 54.9 Å². The highest BCUT2D eigenvalue weighted by Crippen LogP contribution is 2.16. The van der Waals surface area contributed by atoms with E-state index in [1.165, 1.54) is 0 Å². The third kappa shape index (κ3) is 7.83. The molecular formula is C18H23ClIN3O2. The summed E-state index contributed by atoms with van der Waals surface area (Å²) >= 11 is 5.88. The summed E-state index contributed by atoms with van der Waals surface area (Å²) in [6, 6.07) is 15.2. The van der Waals surface area contributed by atoms with Gasteiger partial charge in [-0.1, -0.05) is 23.7 Å². The van der Waals surface area contributed by atoms with Crippen LogP contribution < -0.4 is 20.1 Å². The Bertz CT molecular complexity index is 648. The fourth-order valence-electron chi connectivity index (χ4n) is 2.02. The van der Waals surface area contributed by atoms with Crippen molar-refractivity contribution >= 4 is 41.5 Å². The van der Waals surface area contributed by atoms with Crippen LogP contribution >= 0.6 is 35.6 Å². The number of hydrogen-bond acceptors (Lipinski definition) is 3. The average molecular weight is 476 g/mol. The van der Waals surface area contributed by atoms with E-state index in [1.54, 1.807) is 14.2 Å². The van der Waals surface area contributed by atoms with Crippen LogP contribution in [0.4, 0.5) is 0 Å². The molecule has 0 bridgehead atoms. The van der Waals surface area contributed by atoms with Gasteiger partial charge in [0.25, 0.3) is 0 Å². The van der Waals surface area contributed by atoms with Crippen LogP contribution in [0.25, 0.3) is 0 Å². The molecule has 0 saturated heterocycles. The molecule has 0 radical (unpaired) electrons. The predicted octanol–water partition coefficient (Wildman–Crippen LogP) is 3.71. The molecule has 0 aliphatic rings. The molecule has 7 heteroatoms. The molecule has 2 N–H and O–H groups in total. The van der Waals surface area contributed by atoms with Crippen molar-refractivity contribution in [3.05, 3.63) is 59.1 Å². The van der Waals surface area contributed by atoms with Gasteiger partial charge in [-0.25, -0.2) is 0 Å². The Kier molecular flexibility index (Phi) is 10.1. The van der Waals surface area contributed by atoms with Crippen LogP contribution in [-0.4, -0.2) is 33.3 Å². The number of hydrogen-bond donors (Lipinski definition) is 2. The Labute approximate surface area is 170 Å². The Morgan fingerprint density at radius 3 is 2.24 bits per heavy atom. The molecular weight excluding hydrogens is 453 g/mol. The van der Waals surface area contributed by atoms with Crippen LogP contribution in [0, 0.1) is 0 Å². The lowest BCUT2D eigenvalue weighted by Gasteiger charge is -2.13. The molecule has 0 aliphatic carbocycles. The van der Waals surface area contributed by atoms with E-state index in [0.29, 0.717) is 19.7 Å². The standard InChI is InChI=1S/C18H22ClN3O2.HI/c1-20-18(22-13-14-3-5-15(19)6-4-14)21-11-12-24-17-9-7-16(23-2)8-10-17;/h3-10H,11-13H2,1-2H3,(H2,20,21,22);1H. The first-order valence-electron chi connectivity index (χ1n) is 7.67. The molecule has 5 nitrogen and oxygen atoms in total. The highest BCUT2D eigenvalue weighted by molar-refractivity contribution is 14.0. The van der Waals surface area contributed by atoms with Crippen molar-refractivity contribution in [2.75, 3.05) is 27.3 Å². The van der Waals surface area contributed by atoms with Crippen LogP contribution in [0.15, 0.2) is 53.5 Å². The maximum absolute atomic E-state index is 5.88. The molecule has 25 heavy (non-hydrogen) atoms. The van der Waals surface area contributed by atoms with Gasteiger partial charge in [-0.2, -0.15) is 0 Å². The predicted molar refractivity (Wildman–Crippen MR) is 114 cm³/mol. The Balaban J connectivity index is 0.00000312. The molecule has 0 fully saturated rings. The van der Waals surface area contributed by atoms with Gasteiger partial charge in [-0.15, -0.1) is 24.0 Å². The highest BCUT2D eigenvalue weighted by Gasteiger charge is 1.99. The molecule has 0 aliphatic heterocycles. The molecule has 0 saturated carbocycles. The Hall–Kier alpha value is -1.67. The maximum atomic E-state index is 5.88. The molecule has 136 valence electrons. The van der Waals surface area contributed by atoms with Crippen molar-refractivity contribution in [3.8, 4) is 11.5 Å². The summed E-state index contributed by atoms with van der Waals surface area (Å²) in [5, 5.41) is 7.18. The Morgan fingerprint density at radius 2 is 1.64 bits per heavy atom. The zero-order chi connectivity index (χ0) is 17.2. The molecule has 0 amide bonds. The summed E-state index contributed by atoms with van der Waals surface area (Å²) in [7, 11) is 3.38. The summed E-state index contributed by atoms with van der Waals surface area (Å²) in [5.74, 6) is 2.34. The van der Waals surface area contributed by atoms with E-state index in [-0.39, 0.29) is 24.0 Å². The van der Waals surface area contributed by atoms with E-state index in [9.17, 15) is 0 Å². The zero-order valence-corrected chi connectivity index (χ0v) is 17.4. The third-order valence-electron chi connectivity index (χ3n) is 3.32. The number of rotatable bonds is 7. The minimum atomic E-state index is 0. The van der Waals surface area contributed by atoms with Crippen LogP contribution in [0.3, 0.4) is 0 Å². The fourth-order valence-corrected chi connectivity index (χ4v) is 2.14. The van der Waals surface area contributed by atoms with Gasteiger partial charge in [-0.05, 0) is 42.0 Å². The largest absolute Gasteiger partial charge is 0.497 e. The van der Waals surface area contributed by atoms with Gasteiger partial charge in [-0.3, -0.25) is 4.99 Å². The van der Waals surface area contributed by atoms with Crippen molar-refractivity contribution in [1.82, 2.24) is 10.6 Å². The van der Waals surface area contributed by atoms with Crippen LogP contribution in [0.1, 0.15) is 5.56 Å². The Morgan fingerprint density at radius 1 is 1.00 bits per heavy atom. The first-order valence-corrected chi connectivity index (χ1v) is 8.05. The summed E-state index contributed by atoms with van der Waals surface area (Å²) in [6.07, 6.45) is 0. The van der Waals surface area contributed by atoms with Gasteiger partial charge in [0.15, 0.2) is 5.96 Å². The number of guanidine groups is 1. The molecule has 2 aromatic carbocycles. The first-order chi connectivity index (χ1) is 11.7. The van der Waals surface area contributed by atoms with E-state index in [0.717, 1.165) is 28.0 Å². The van der Waals surface area contributed by atoms with Crippen molar-refractivity contribution in [1.29, 1.82) is 0 Å². The second kappa shape index (κ2) is 11.8. The second-order valence-corrected chi connectivity index (χ2v) is 5.44. The number of ether oxygens (including phenoxy) is 2. The molecule has 0 aromatic heterocycles. The van der Waals surface area contributed by atoms with E-state index >= 15 is 0 Å². The number of halogens is 2. The number of benzene rings is 2. The molecule has 0 heterocycles. The van der Waals surface area contributed by atoms with Crippen molar-refractivity contribution in [3.63, 3.8) is 0 Å². The number of nitrogens with one attached hydrogen (secondary N) is 2. The lowest BCUT2D eigenvalue weighted by Crippen LogP contribution is -2.38. The molecule has 0 spiro atoms. The van der Waals surface area contributed by atoms with E-state index < -0.39 is 0 Å². The first kappa shape index (κ1) is 21.4. The molecule has 2 aromatic rings. The van der Waals surface area contributed by atoms with Gasteiger partial charge >= 0.3 is 0 Å². The molecule has 0 unspecified atom stereocenters. The van der Waals surface area contributed by atoms with Gasteiger partial charge in [0.2, 0.25) is 0 Å². The highest BCUT2D eigenvalue weighted by atomic mass is 127. The smallest absolute Gasteiger partial charge is 0.191 e. The van der Waals surface area contributed by atoms with Crippen LogP contribution in [0.5, 0.6) is 11.5 Å². The lowest BCUT2D eigenvalue weighted by molar-refractivity contribution is 0.321. The van der Waals surface area contributed by atoms with E-state index in [2.05, 4.69) is 15.6 Å². The van der Waals surface area contributed by atoms with E-state index in [1.807, 2.05) is 48.5 Å². The second-order valence-electron chi connectivity index (χ2n) is 5.00. The van der Waals surface area contributed by atoms with Crippen LogP contribution in [-0.2, 0) is 6.54 Å². The normalized spacial score (nSPS) is 10.6. The van der Waals surface area contributed by atoms with Gasteiger partial charge in [0.1, 0.15) is 18.1 Å². The SMILES string of the molecule is CN=C(NCCOc1ccc(OC)cc1)NCc1ccc(Cl)cc1.I. The zero-order valence-electron chi connectivity index (χ0n) is 14.3. The van der Waals surface area contributed by atoms with Gasteiger partial charge < -0.3 is 20.1 Å². The van der Waals surface area contributed by atoms with Crippen LogP contribution in [0.2, 0.25) is 5.02 Å². The van der Waals surface area contributed by atoms with Crippen molar-refractivity contribution in [2.24, 2.45) is 4.99 Å². The van der Waals surface area contributed by atoms with Gasteiger partial charge in [0.05, 0.1) is 13.7 Å². The fraction of sp³-hybridized carbons (Fsp3) is 0.278. The number of methoxy groups -OCH3 is 1. The number of nitrogens with zero attached hydrogens (tertiary/aromatic N) is 1. The van der Waals surface area contributed by atoms with Gasteiger partial charge in [0, 0.05) is 18.6 Å². The molecule has 2 rings (SSSR count). The monoisotopic (exact) mass is 475 g/mol. The molecule has 0 atom stereocenters. The summed E-state index contributed by atoms with van der Waals surface area (Å²) in [6.45, 7) is 1.86. The summed E-state index contributed by atoms with van der Waals surface area (Å²) < 4.78 is 10.8. The number of aliphatic imine (C=N–C) groups is 1. The maximum Gasteiger partial charge on any atom is 0.191 e. The third-order valence-corrected chi connectivity index (χ3v) is 3.57. The van der Waals surface area contributed by atoms with Crippen molar-refractivity contribution in [2.45, 2.75) is 6.54 Å². The van der Waals surface area contributed by atoms with E-state index in [4.69, 9.17) is 21.1 Å².